The smallest absolute Gasteiger partial charge is 0.182 e. The van der Waals surface area contributed by atoms with Crippen LogP contribution in [0.5, 0.6) is 0 Å². The Balaban J connectivity index is 1.72. The van der Waals surface area contributed by atoms with E-state index in [0.717, 1.165) is 25.7 Å². The van der Waals surface area contributed by atoms with Crippen molar-refractivity contribution in [2.75, 3.05) is 0 Å². The molecule has 1 saturated carbocycles. The van der Waals surface area contributed by atoms with Crippen molar-refractivity contribution in [2.45, 2.75) is 51.4 Å². The van der Waals surface area contributed by atoms with E-state index in [2.05, 4.69) is 15.3 Å². The maximum atomic E-state index is 13.4. The fourth-order valence-corrected chi connectivity index (χ4v) is 2.89. The Morgan fingerprint density at radius 3 is 2.85 bits per heavy atom. The third-order valence-electron chi connectivity index (χ3n) is 4.44. The number of aromatic nitrogens is 2. The average Bonchev–Trinajstić information content (AvgIpc) is 3.10. The maximum Gasteiger partial charge on any atom is 0.182 e. The fraction of sp³-hybridized carbons (Fsp3) is 0.471. The highest BCUT2D eigenvalue weighted by Crippen LogP contribution is 2.22. The Morgan fingerprint density at radius 2 is 2.15 bits per heavy atom. The first-order valence-electron chi connectivity index (χ1n) is 8.50. The van der Waals surface area contributed by atoms with Gasteiger partial charge in [0.2, 0.25) is 0 Å². The summed E-state index contributed by atoms with van der Waals surface area (Å²) in [6.07, 6.45) is 3.78. The molecular formula is C17H22FN5O3. The molecule has 26 heavy (non-hydrogen) atoms. The van der Waals surface area contributed by atoms with Gasteiger partial charge in [0.25, 0.3) is 0 Å². The minimum absolute atomic E-state index is 0.0431. The van der Waals surface area contributed by atoms with Crippen LogP contribution < -0.4 is 11.2 Å². The van der Waals surface area contributed by atoms with Crippen molar-refractivity contribution in [3.8, 4) is 0 Å². The standard InChI is InChI=1S/C17H22FN5O3/c1-10-8-12(4-7-14(10)18)20-17(21-24)16-15(22-26-23-16)9-25-13-5-2-11(19)3-6-13/h4,7-8,11,13,24H,2-3,5-6,9,19H2,1H3,(H,20,21). The Bertz CT molecular complexity index is 772. The first kappa shape index (κ1) is 18.4. The summed E-state index contributed by atoms with van der Waals surface area (Å²) in [7, 11) is 0. The number of hydroxylamine groups is 1. The van der Waals surface area contributed by atoms with Gasteiger partial charge < -0.3 is 10.5 Å². The highest BCUT2D eigenvalue weighted by Gasteiger charge is 2.22. The number of aryl methyl sites for hydroxylation is 1. The number of nitrogens with one attached hydrogen (secondary N) is 1. The van der Waals surface area contributed by atoms with Gasteiger partial charge in [-0.3, -0.25) is 10.7 Å². The van der Waals surface area contributed by atoms with E-state index in [1.165, 1.54) is 12.1 Å². The molecule has 2 aromatic rings. The predicted molar refractivity (Wildman–Crippen MR) is 91.6 cm³/mol. The summed E-state index contributed by atoms with van der Waals surface area (Å²) in [4.78, 5) is 4.24. The molecule has 0 amide bonds. The number of ether oxygens (including phenoxy) is 1. The van der Waals surface area contributed by atoms with Crippen LogP contribution in [0.2, 0.25) is 0 Å². The van der Waals surface area contributed by atoms with Gasteiger partial charge in [0, 0.05) is 6.04 Å². The molecular weight excluding hydrogens is 341 g/mol. The molecule has 1 heterocycles. The summed E-state index contributed by atoms with van der Waals surface area (Å²) in [6, 6.07) is 4.61. The Morgan fingerprint density at radius 1 is 1.38 bits per heavy atom. The van der Waals surface area contributed by atoms with Crippen LogP contribution in [-0.2, 0) is 11.3 Å². The van der Waals surface area contributed by atoms with E-state index in [-0.39, 0.29) is 36.1 Å². The Kier molecular flexibility index (Phi) is 5.92. The van der Waals surface area contributed by atoms with E-state index >= 15 is 0 Å². The monoisotopic (exact) mass is 363 g/mol. The van der Waals surface area contributed by atoms with Crippen LogP contribution >= 0.6 is 0 Å². The molecule has 1 aliphatic rings. The van der Waals surface area contributed by atoms with Gasteiger partial charge in [-0.15, -0.1) is 0 Å². The zero-order valence-corrected chi connectivity index (χ0v) is 14.5. The predicted octanol–water partition coefficient (Wildman–Crippen LogP) is 2.36. The summed E-state index contributed by atoms with van der Waals surface area (Å²) in [6.45, 7) is 1.81. The third kappa shape index (κ3) is 4.43. The van der Waals surface area contributed by atoms with Crippen molar-refractivity contribution in [1.82, 2.24) is 15.8 Å². The van der Waals surface area contributed by atoms with Crippen molar-refractivity contribution in [2.24, 2.45) is 10.7 Å². The molecule has 8 nitrogen and oxygen atoms in total. The number of rotatable bonds is 5. The molecule has 1 aliphatic carbocycles. The molecule has 0 atom stereocenters. The molecule has 0 bridgehead atoms. The number of nitrogens with zero attached hydrogens (tertiary/aromatic N) is 3. The number of hydrogen-bond donors (Lipinski definition) is 3. The molecule has 1 aromatic carbocycles. The molecule has 1 aromatic heterocycles. The lowest BCUT2D eigenvalue weighted by molar-refractivity contribution is 0.0110. The van der Waals surface area contributed by atoms with Gasteiger partial charge in [-0.1, -0.05) is 5.16 Å². The quantitative estimate of drug-likeness (QED) is 0.424. The molecule has 3 rings (SSSR count). The van der Waals surface area contributed by atoms with E-state index in [4.69, 9.17) is 15.1 Å². The van der Waals surface area contributed by atoms with E-state index in [9.17, 15) is 9.60 Å². The van der Waals surface area contributed by atoms with E-state index < -0.39 is 0 Å². The van der Waals surface area contributed by atoms with Gasteiger partial charge in [-0.2, -0.15) is 0 Å². The first-order chi connectivity index (χ1) is 12.6. The summed E-state index contributed by atoms with van der Waals surface area (Å²) in [5.41, 5.74) is 9.44. The van der Waals surface area contributed by atoms with Gasteiger partial charge in [-0.25, -0.2) is 14.0 Å². The minimum atomic E-state index is -0.327. The second kappa shape index (κ2) is 8.35. The minimum Gasteiger partial charge on any atom is -0.372 e. The van der Waals surface area contributed by atoms with Crippen molar-refractivity contribution in [3.05, 3.63) is 41.0 Å². The van der Waals surface area contributed by atoms with E-state index in [1.807, 2.05) is 5.48 Å². The Hall–Kier alpha value is -2.36. The SMILES string of the molecule is Cc1cc(N=C(NO)c2nonc2COC2CCC(N)CC2)ccc1F. The van der Waals surface area contributed by atoms with Crippen LogP contribution in [0.3, 0.4) is 0 Å². The second-order valence-electron chi connectivity index (χ2n) is 6.41. The highest BCUT2D eigenvalue weighted by molar-refractivity contribution is 5.98. The normalized spacial score (nSPS) is 21.0. The molecule has 140 valence electrons. The van der Waals surface area contributed by atoms with Gasteiger partial charge in [0.1, 0.15) is 11.5 Å². The number of nitrogens with two attached hydrogens (primary N) is 1. The molecule has 0 aliphatic heterocycles. The van der Waals surface area contributed by atoms with Gasteiger partial charge in [0.05, 0.1) is 18.4 Å². The first-order valence-corrected chi connectivity index (χ1v) is 8.50. The van der Waals surface area contributed by atoms with Crippen LogP contribution in [0.15, 0.2) is 27.8 Å². The molecule has 4 N–H and O–H groups in total. The molecule has 0 unspecified atom stereocenters. The van der Waals surface area contributed by atoms with Crippen molar-refractivity contribution in [1.29, 1.82) is 0 Å². The number of benzene rings is 1. The lowest BCUT2D eigenvalue weighted by Crippen LogP contribution is -2.30. The highest BCUT2D eigenvalue weighted by atomic mass is 19.1. The summed E-state index contributed by atoms with van der Waals surface area (Å²) in [5, 5.41) is 17.1. The number of hydrogen-bond acceptors (Lipinski definition) is 7. The summed E-state index contributed by atoms with van der Waals surface area (Å²) < 4.78 is 24.0. The maximum absolute atomic E-state index is 13.4. The molecule has 1 fully saturated rings. The fourth-order valence-electron chi connectivity index (χ4n) is 2.89. The second-order valence-corrected chi connectivity index (χ2v) is 6.41. The number of halogens is 1. The van der Waals surface area contributed by atoms with Crippen LogP contribution in [0.4, 0.5) is 10.1 Å². The van der Waals surface area contributed by atoms with Crippen molar-refractivity contribution < 1.29 is 19.0 Å². The molecule has 9 heteroatoms. The van der Waals surface area contributed by atoms with Gasteiger partial charge >= 0.3 is 0 Å². The Labute approximate surface area is 150 Å². The molecule has 0 radical (unpaired) electrons. The van der Waals surface area contributed by atoms with Crippen LogP contribution in [0, 0.1) is 12.7 Å². The van der Waals surface area contributed by atoms with E-state index in [1.54, 1.807) is 13.0 Å². The van der Waals surface area contributed by atoms with Gasteiger partial charge in [-0.05, 0) is 61.5 Å². The largest absolute Gasteiger partial charge is 0.372 e. The zero-order chi connectivity index (χ0) is 18.5. The zero-order valence-electron chi connectivity index (χ0n) is 14.5. The lowest BCUT2D eigenvalue weighted by Gasteiger charge is -2.25. The van der Waals surface area contributed by atoms with Crippen LogP contribution in [0.1, 0.15) is 42.6 Å². The third-order valence-corrected chi connectivity index (χ3v) is 4.44. The van der Waals surface area contributed by atoms with Crippen LogP contribution in [-0.4, -0.2) is 33.5 Å². The topological polar surface area (TPSA) is 119 Å². The average molecular weight is 363 g/mol. The lowest BCUT2D eigenvalue weighted by atomic mass is 9.94. The number of amidine groups is 1. The molecule has 0 saturated heterocycles. The van der Waals surface area contributed by atoms with Crippen molar-refractivity contribution in [3.63, 3.8) is 0 Å². The van der Waals surface area contributed by atoms with E-state index in [0.29, 0.717) is 16.9 Å². The number of aliphatic imine (C=N–C) groups is 1. The molecule has 0 spiro atoms. The van der Waals surface area contributed by atoms with Gasteiger partial charge in [0.15, 0.2) is 11.5 Å². The van der Waals surface area contributed by atoms with Crippen LogP contribution in [0.25, 0.3) is 0 Å². The van der Waals surface area contributed by atoms with Crippen molar-refractivity contribution >= 4 is 11.5 Å². The summed E-state index contributed by atoms with van der Waals surface area (Å²) in [5.74, 6) is -0.284. The summed E-state index contributed by atoms with van der Waals surface area (Å²) >= 11 is 0.